The van der Waals surface area contributed by atoms with E-state index in [-0.39, 0.29) is 17.9 Å². The second-order valence-electron chi connectivity index (χ2n) is 4.92. The number of aromatic nitrogens is 1. The molecule has 1 saturated carbocycles. The minimum absolute atomic E-state index is 0.0503. The number of nitrogens with one attached hydrogen (secondary N) is 1. The van der Waals surface area contributed by atoms with Gasteiger partial charge in [-0.15, -0.1) is 0 Å². The van der Waals surface area contributed by atoms with Crippen LogP contribution in [0.1, 0.15) is 44.3 Å². The van der Waals surface area contributed by atoms with Gasteiger partial charge in [0.1, 0.15) is 5.76 Å². The van der Waals surface area contributed by atoms with Crippen molar-refractivity contribution in [3.63, 3.8) is 0 Å². The molecule has 2 atom stereocenters. The molecular weight excluding hydrogens is 230 g/mol. The minimum Gasteiger partial charge on any atom is -0.444 e. The van der Waals surface area contributed by atoms with Crippen molar-refractivity contribution in [3.8, 4) is 0 Å². The summed E-state index contributed by atoms with van der Waals surface area (Å²) >= 11 is 0. The van der Waals surface area contributed by atoms with Gasteiger partial charge in [-0.05, 0) is 19.3 Å². The highest BCUT2D eigenvalue weighted by molar-refractivity contribution is 5.78. The molecule has 5 nitrogen and oxygen atoms in total. The minimum atomic E-state index is 0.0503. The lowest BCUT2D eigenvalue weighted by Gasteiger charge is -2.25. The van der Waals surface area contributed by atoms with E-state index in [0.29, 0.717) is 12.4 Å². The number of hydrogen-bond acceptors (Lipinski definition) is 4. The summed E-state index contributed by atoms with van der Waals surface area (Å²) in [4.78, 5) is 16.1. The predicted molar refractivity (Wildman–Crippen MR) is 67.7 cm³/mol. The fourth-order valence-electron chi connectivity index (χ4n) is 2.37. The molecule has 1 aromatic heterocycles. The van der Waals surface area contributed by atoms with Crippen LogP contribution in [0.2, 0.25) is 0 Å². The summed E-state index contributed by atoms with van der Waals surface area (Å²) in [5, 5.41) is 2.88. The molecule has 1 fully saturated rings. The Labute approximate surface area is 107 Å². The van der Waals surface area contributed by atoms with Gasteiger partial charge in [-0.1, -0.05) is 13.3 Å². The zero-order valence-electron chi connectivity index (χ0n) is 10.8. The molecule has 1 amide bonds. The van der Waals surface area contributed by atoms with Crippen molar-refractivity contribution in [2.24, 2.45) is 11.7 Å². The number of amides is 1. The Bertz CT molecular complexity index is 403. The van der Waals surface area contributed by atoms with Gasteiger partial charge in [-0.2, -0.15) is 0 Å². The fourth-order valence-corrected chi connectivity index (χ4v) is 2.37. The van der Waals surface area contributed by atoms with E-state index in [1.165, 1.54) is 0 Å². The van der Waals surface area contributed by atoms with E-state index < -0.39 is 0 Å². The van der Waals surface area contributed by atoms with Crippen molar-refractivity contribution in [3.05, 3.63) is 17.8 Å². The highest BCUT2D eigenvalue weighted by Gasteiger charge is 2.25. The van der Waals surface area contributed by atoms with E-state index in [2.05, 4.69) is 10.3 Å². The van der Waals surface area contributed by atoms with Crippen LogP contribution in [0, 0.1) is 5.92 Å². The Hall–Kier alpha value is -1.36. The molecule has 0 spiro atoms. The zero-order valence-corrected chi connectivity index (χ0v) is 10.8. The van der Waals surface area contributed by atoms with E-state index in [9.17, 15) is 4.79 Å². The topological polar surface area (TPSA) is 81.2 Å². The lowest BCUT2D eigenvalue weighted by molar-refractivity contribution is -0.126. The molecule has 1 heterocycles. The third-order valence-electron chi connectivity index (χ3n) is 3.45. The molecular formula is C13H21N3O2. The first kappa shape index (κ1) is 13.1. The van der Waals surface area contributed by atoms with Gasteiger partial charge in [-0.3, -0.25) is 4.79 Å². The highest BCUT2D eigenvalue weighted by atomic mass is 16.4. The monoisotopic (exact) mass is 251 g/mol. The van der Waals surface area contributed by atoms with E-state index in [0.717, 1.165) is 37.9 Å². The summed E-state index contributed by atoms with van der Waals surface area (Å²) in [6, 6.07) is 0.169. The molecule has 1 aliphatic rings. The molecule has 2 unspecified atom stereocenters. The van der Waals surface area contributed by atoms with Gasteiger partial charge >= 0.3 is 0 Å². The smallest absolute Gasteiger partial charge is 0.223 e. The first-order valence-corrected chi connectivity index (χ1v) is 6.66. The molecule has 1 aliphatic carbocycles. The SMILES string of the molecule is CCc1cnc(CNC(=O)C2CCCC(N)C2)o1. The van der Waals surface area contributed by atoms with Crippen LogP contribution in [0.25, 0.3) is 0 Å². The number of aryl methyl sites for hydroxylation is 1. The summed E-state index contributed by atoms with van der Waals surface area (Å²) in [5.74, 6) is 1.54. The highest BCUT2D eigenvalue weighted by Crippen LogP contribution is 2.23. The number of carbonyl (C=O) groups excluding carboxylic acids is 1. The Balaban J connectivity index is 1.80. The molecule has 0 radical (unpaired) electrons. The van der Waals surface area contributed by atoms with Crippen LogP contribution in [-0.4, -0.2) is 16.9 Å². The van der Waals surface area contributed by atoms with Crippen molar-refractivity contribution in [2.75, 3.05) is 0 Å². The van der Waals surface area contributed by atoms with Crippen LogP contribution in [0.4, 0.5) is 0 Å². The van der Waals surface area contributed by atoms with Gasteiger partial charge in [0.05, 0.1) is 12.7 Å². The Kier molecular flexibility index (Phi) is 4.36. The van der Waals surface area contributed by atoms with Gasteiger partial charge in [0.2, 0.25) is 11.8 Å². The van der Waals surface area contributed by atoms with Gasteiger partial charge in [0.15, 0.2) is 0 Å². The third-order valence-corrected chi connectivity index (χ3v) is 3.45. The average Bonchev–Trinajstić information content (AvgIpc) is 2.84. The molecule has 5 heteroatoms. The number of rotatable bonds is 4. The summed E-state index contributed by atoms with van der Waals surface area (Å²) in [6.45, 7) is 2.37. The number of nitrogens with zero attached hydrogens (tertiary/aromatic N) is 1. The Morgan fingerprint density at radius 2 is 2.44 bits per heavy atom. The van der Waals surface area contributed by atoms with Gasteiger partial charge in [0, 0.05) is 18.4 Å². The van der Waals surface area contributed by atoms with Gasteiger partial charge in [0.25, 0.3) is 0 Å². The standard InChI is InChI=1S/C13H21N3O2/c1-2-11-7-15-12(18-11)8-16-13(17)9-4-3-5-10(14)6-9/h7,9-10H,2-6,8,14H2,1H3,(H,16,17). The molecule has 3 N–H and O–H groups in total. The second kappa shape index (κ2) is 6.00. The maximum atomic E-state index is 12.0. The van der Waals surface area contributed by atoms with Crippen LogP contribution >= 0.6 is 0 Å². The van der Waals surface area contributed by atoms with Crippen molar-refractivity contribution in [2.45, 2.75) is 51.6 Å². The molecule has 100 valence electrons. The number of oxazole rings is 1. The third kappa shape index (κ3) is 3.32. The number of carbonyl (C=O) groups is 1. The van der Waals surface area contributed by atoms with E-state index in [1.807, 2.05) is 6.92 Å². The lowest BCUT2D eigenvalue weighted by Crippen LogP contribution is -2.37. The Morgan fingerprint density at radius 1 is 1.61 bits per heavy atom. The molecule has 0 aliphatic heterocycles. The van der Waals surface area contributed by atoms with Crippen LogP contribution in [0.5, 0.6) is 0 Å². The first-order valence-electron chi connectivity index (χ1n) is 6.66. The molecule has 2 rings (SSSR count). The zero-order chi connectivity index (χ0) is 13.0. The summed E-state index contributed by atoms with van der Waals surface area (Å²) < 4.78 is 5.44. The molecule has 0 bridgehead atoms. The fraction of sp³-hybridized carbons (Fsp3) is 0.692. The van der Waals surface area contributed by atoms with Crippen molar-refractivity contribution in [1.82, 2.24) is 10.3 Å². The number of nitrogens with two attached hydrogens (primary N) is 1. The van der Waals surface area contributed by atoms with E-state index in [1.54, 1.807) is 6.20 Å². The van der Waals surface area contributed by atoms with E-state index >= 15 is 0 Å². The first-order chi connectivity index (χ1) is 8.69. The van der Waals surface area contributed by atoms with Crippen LogP contribution in [0.3, 0.4) is 0 Å². The number of hydrogen-bond donors (Lipinski definition) is 2. The lowest BCUT2D eigenvalue weighted by atomic mass is 9.85. The quantitative estimate of drug-likeness (QED) is 0.847. The maximum Gasteiger partial charge on any atom is 0.223 e. The average molecular weight is 251 g/mol. The summed E-state index contributed by atoms with van der Waals surface area (Å²) in [6.07, 6.45) is 6.32. The maximum absolute atomic E-state index is 12.0. The van der Waals surface area contributed by atoms with E-state index in [4.69, 9.17) is 10.2 Å². The van der Waals surface area contributed by atoms with Crippen LogP contribution < -0.4 is 11.1 Å². The molecule has 0 aromatic carbocycles. The van der Waals surface area contributed by atoms with Crippen molar-refractivity contribution >= 4 is 5.91 Å². The van der Waals surface area contributed by atoms with Crippen molar-refractivity contribution in [1.29, 1.82) is 0 Å². The predicted octanol–water partition coefficient (Wildman–Crippen LogP) is 1.37. The van der Waals surface area contributed by atoms with Gasteiger partial charge < -0.3 is 15.5 Å². The summed E-state index contributed by atoms with van der Waals surface area (Å²) in [5.41, 5.74) is 5.88. The Morgan fingerprint density at radius 3 is 3.11 bits per heavy atom. The van der Waals surface area contributed by atoms with Crippen LogP contribution in [-0.2, 0) is 17.8 Å². The second-order valence-corrected chi connectivity index (χ2v) is 4.92. The van der Waals surface area contributed by atoms with Gasteiger partial charge in [-0.25, -0.2) is 4.98 Å². The summed E-state index contributed by atoms with van der Waals surface area (Å²) in [7, 11) is 0. The van der Waals surface area contributed by atoms with Crippen LogP contribution in [0.15, 0.2) is 10.6 Å². The largest absolute Gasteiger partial charge is 0.444 e. The molecule has 1 aromatic rings. The van der Waals surface area contributed by atoms with Crippen molar-refractivity contribution < 1.29 is 9.21 Å². The molecule has 18 heavy (non-hydrogen) atoms. The molecule has 0 saturated heterocycles. The normalized spacial score (nSPS) is 23.9.